The minimum atomic E-state index is -0.107. The second-order valence-electron chi connectivity index (χ2n) is 4.67. The van der Waals surface area contributed by atoms with Gasteiger partial charge in [-0.05, 0) is 35.9 Å². The fourth-order valence-corrected chi connectivity index (χ4v) is 2.37. The van der Waals surface area contributed by atoms with Gasteiger partial charge in [0.15, 0.2) is 0 Å². The average Bonchev–Trinajstić information content (AvgIpc) is 2.55. The maximum atomic E-state index is 11.9. The van der Waals surface area contributed by atoms with Crippen LogP contribution < -0.4 is 15.0 Å². The van der Waals surface area contributed by atoms with E-state index in [1.807, 2.05) is 30.3 Å². The Hall–Kier alpha value is -2.75. The van der Waals surface area contributed by atoms with Gasteiger partial charge in [-0.3, -0.25) is 4.79 Å². The quantitative estimate of drug-likeness (QED) is 0.802. The molecule has 2 aromatic carbocycles. The summed E-state index contributed by atoms with van der Waals surface area (Å²) < 4.78 is 10.4. The number of hydrogen-bond acceptors (Lipinski definition) is 3. The van der Waals surface area contributed by atoms with Gasteiger partial charge in [0.25, 0.3) is 5.56 Å². The summed E-state index contributed by atoms with van der Waals surface area (Å²) in [5.74, 6) is 1.52. The first-order valence-electron chi connectivity index (χ1n) is 6.57. The van der Waals surface area contributed by atoms with Crippen molar-refractivity contribution in [2.45, 2.75) is 0 Å². The van der Waals surface area contributed by atoms with Gasteiger partial charge in [0.2, 0.25) is 0 Å². The standard InChI is InChI=1S/C17H15NO3/c1-20-12-5-3-11(4-6-12)16-10-18-17(19)14-8-7-13(21-2)9-15(14)16/h3-10H,1-2H3,(H,18,19). The molecular weight excluding hydrogens is 266 g/mol. The first-order chi connectivity index (χ1) is 10.2. The van der Waals surface area contributed by atoms with Crippen LogP contribution in [-0.4, -0.2) is 19.2 Å². The maximum Gasteiger partial charge on any atom is 0.255 e. The molecule has 21 heavy (non-hydrogen) atoms. The lowest BCUT2D eigenvalue weighted by atomic mass is 10.0. The largest absolute Gasteiger partial charge is 0.497 e. The summed E-state index contributed by atoms with van der Waals surface area (Å²) in [7, 11) is 3.25. The molecule has 4 nitrogen and oxygen atoms in total. The van der Waals surface area contributed by atoms with E-state index in [4.69, 9.17) is 9.47 Å². The molecular formula is C17H15NO3. The number of rotatable bonds is 3. The van der Waals surface area contributed by atoms with Crippen molar-refractivity contribution in [3.05, 3.63) is 59.0 Å². The second-order valence-corrected chi connectivity index (χ2v) is 4.67. The zero-order valence-electron chi connectivity index (χ0n) is 11.8. The zero-order valence-corrected chi connectivity index (χ0v) is 11.8. The highest BCUT2D eigenvalue weighted by atomic mass is 16.5. The Morgan fingerprint density at radius 3 is 2.19 bits per heavy atom. The highest BCUT2D eigenvalue weighted by Crippen LogP contribution is 2.29. The third kappa shape index (κ3) is 2.36. The van der Waals surface area contributed by atoms with Gasteiger partial charge in [0.05, 0.1) is 14.2 Å². The number of aromatic amines is 1. The van der Waals surface area contributed by atoms with Crippen LogP contribution in [0.5, 0.6) is 11.5 Å². The maximum absolute atomic E-state index is 11.9. The molecule has 0 amide bonds. The summed E-state index contributed by atoms with van der Waals surface area (Å²) in [6.07, 6.45) is 1.73. The number of ether oxygens (including phenoxy) is 2. The first-order valence-corrected chi connectivity index (χ1v) is 6.57. The van der Waals surface area contributed by atoms with Gasteiger partial charge in [-0.25, -0.2) is 0 Å². The molecule has 1 N–H and O–H groups in total. The molecule has 106 valence electrons. The van der Waals surface area contributed by atoms with E-state index in [-0.39, 0.29) is 5.56 Å². The first kappa shape index (κ1) is 13.2. The Balaban J connectivity index is 2.25. The summed E-state index contributed by atoms with van der Waals surface area (Å²) in [6, 6.07) is 13.2. The van der Waals surface area contributed by atoms with Crippen molar-refractivity contribution in [2.75, 3.05) is 14.2 Å². The van der Waals surface area contributed by atoms with Crippen LogP contribution in [0.1, 0.15) is 0 Å². The Bertz CT molecular complexity index is 835. The summed E-state index contributed by atoms with van der Waals surface area (Å²) in [6.45, 7) is 0. The molecule has 0 unspecified atom stereocenters. The molecule has 0 spiro atoms. The van der Waals surface area contributed by atoms with Gasteiger partial charge in [0, 0.05) is 22.5 Å². The van der Waals surface area contributed by atoms with Crippen LogP contribution in [0.4, 0.5) is 0 Å². The summed E-state index contributed by atoms with van der Waals surface area (Å²) in [5.41, 5.74) is 1.85. The third-order valence-electron chi connectivity index (χ3n) is 3.51. The van der Waals surface area contributed by atoms with E-state index in [1.165, 1.54) is 0 Å². The smallest absolute Gasteiger partial charge is 0.255 e. The molecule has 0 aliphatic rings. The number of nitrogens with one attached hydrogen (secondary N) is 1. The van der Waals surface area contributed by atoms with Gasteiger partial charge < -0.3 is 14.5 Å². The molecule has 3 rings (SSSR count). The molecule has 4 heteroatoms. The molecule has 0 aliphatic carbocycles. The minimum Gasteiger partial charge on any atom is -0.497 e. The second kappa shape index (κ2) is 5.32. The highest BCUT2D eigenvalue weighted by Gasteiger charge is 2.08. The van der Waals surface area contributed by atoms with E-state index >= 15 is 0 Å². The predicted molar refractivity (Wildman–Crippen MR) is 83.1 cm³/mol. The van der Waals surface area contributed by atoms with Gasteiger partial charge in [0.1, 0.15) is 11.5 Å². The van der Waals surface area contributed by atoms with Crippen LogP contribution in [0.3, 0.4) is 0 Å². The Morgan fingerprint density at radius 1 is 0.857 bits per heavy atom. The Labute approximate surface area is 122 Å². The van der Waals surface area contributed by atoms with Crippen LogP contribution in [0.25, 0.3) is 21.9 Å². The molecule has 0 aliphatic heterocycles. The van der Waals surface area contributed by atoms with E-state index in [0.717, 1.165) is 28.0 Å². The highest BCUT2D eigenvalue weighted by molar-refractivity contribution is 5.96. The number of aromatic nitrogens is 1. The number of H-pyrrole nitrogens is 1. The van der Waals surface area contributed by atoms with Crippen LogP contribution in [0.15, 0.2) is 53.5 Å². The number of pyridine rings is 1. The summed E-state index contributed by atoms with van der Waals surface area (Å²) in [4.78, 5) is 14.7. The molecule has 0 atom stereocenters. The lowest BCUT2D eigenvalue weighted by molar-refractivity contribution is 0.415. The minimum absolute atomic E-state index is 0.107. The fraction of sp³-hybridized carbons (Fsp3) is 0.118. The molecule has 3 aromatic rings. The van der Waals surface area contributed by atoms with E-state index in [0.29, 0.717) is 5.39 Å². The van der Waals surface area contributed by atoms with Gasteiger partial charge in [-0.1, -0.05) is 12.1 Å². The zero-order chi connectivity index (χ0) is 14.8. The number of benzene rings is 2. The van der Waals surface area contributed by atoms with Crippen molar-refractivity contribution < 1.29 is 9.47 Å². The molecule has 0 saturated heterocycles. The van der Waals surface area contributed by atoms with Crippen molar-refractivity contribution in [3.8, 4) is 22.6 Å². The molecule has 1 heterocycles. The SMILES string of the molecule is COc1ccc(-c2c[nH]c(=O)c3ccc(OC)cc23)cc1. The van der Waals surface area contributed by atoms with Gasteiger partial charge in [-0.2, -0.15) is 0 Å². The molecule has 0 saturated carbocycles. The number of methoxy groups -OCH3 is 2. The van der Waals surface area contributed by atoms with Crippen molar-refractivity contribution in [1.82, 2.24) is 4.98 Å². The lowest BCUT2D eigenvalue weighted by Crippen LogP contribution is -2.06. The number of hydrogen-bond donors (Lipinski definition) is 1. The van der Waals surface area contributed by atoms with E-state index < -0.39 is 0 Å². The monoisotopic (exact) mass is 281 g/mol. The van der Waals surface area contributed by atoms with E-state index in [2.05, 4.69) is 4.98 Å². The van der Waals surface area contributed by atoms with Crippen molar-refractivity contribution >= 4 is 10.8 Å². The number of fused-ring (bicyclic) bond motifs is 1. The Kier molecular flexibility index (Phi) is 3.36. The fourth-order valence-electron chi connectivity index (χ4n) is 2.37. The van der Waals surface area contributed by atoms with Crippen molar-refractivity contribution in [1.29, 1.82) is 0 Å². The van der Waals surface area contributed by atoms with Gasteiger partial charge >= 0.3 is 0 Å². The van der Waals surface area contributed by atoms with Gasteiger partial charge in [-0.15, -0.1) is 0 Å². The van der Waals surface area contributed by atoms with Crippen LogP contribution in [0.2, 0.25) is 0 Å². The van der Waals surface area contributed by atoms with E-state index in [9.17, 15) is 4.79 Å². The molecule has 1 aromatic heterocycles. The van der Waals surface area contributed by atoms with Crippen LogP contribution in [0, 0.1) is 0 Å². The average molecular weight is 281 g/mol. The molecule has 0 bridgehead atoms. The summed E-state index contributed by atoms with van der Waals surface area (Å²) in [5, 5.41) is 1.51. The van der Waals surface area contributed by atoms with Crippen LogP contribution in [-0.2, 0) is 0 Å². The van der Waals surface area contributed by atoms with Crippen molar-refractivity contribution in [2.24, 2.45) is 0 Å². The Morgan fingerprint density at radius 2 is 1.52 bits per heavy atom. The molecule has 0 radical (unpaired) electrons. The normalized spacial score (nSPS) is 10.6. The lowest BCUT2D eigenvalue weighted by Gasteiger charge is -2.09. The van der Waals surface area contributed by atoms with Crippen LogP contribution >= 0.6 is 0 Å². The summed E-state index contributed by atoms with van der Waals surface area (Å²) >= 11 is 0. The van der Waals surface area contributed by atoms with Crippen molar-refractivity contribution in [3.63, 3.8) is 0 Å². The van der Waals surface area contributed by atoms with E-state index in [1.54, 1.807) is 32.5 Å². The third-order valence-corrected chi connectivity index (χ3v) is 3.51. The molecule has 0 fully saturated rings. The predicted octanol–water partition coefficient (Wildman–Crippen LogP) is 3.21. The topological polar surface area (TPSA) is 51.3 Å².